The van der Waals surface area contributed by atoms with E-state index in [-0.39, 0.29) is 11.8 Å². The first-order chi connectivity index (χ1) is 8.78. The Labute approximate surface area is 108 Å². The third kappa shape index (κ3) is 3.84. The van der Waals surface area contributed by atoms with Gasteiger partial charge in [-0.1, -0.05) is 31.4 Å². The number of rotatable bonds is 5. The smallest absolute Gasteiger partial charge is 0.217 e. The first-order valence-electron chi connectivity index (χ1n) is 6.69. The molecule has 2 N–H and O–H groups in total. The van der Waals surface area contributed by atoms with Gasteiger partial charge in [0.25, 0.3) is 0 Å². The summed E-state index contributed by atoms with van der Waals surface area (Å²) in [4.78, 5) is 11.0. The van der Waals surface area contributed by atoms with Gasteiger partial charge in [-0.2, -0.15) is 0 Å². The molecule has 0 spiro atoms. The maximum Gasteiger partial charge on any atom is 0.217 e. The van der Waals surface area contributed by atoms with Crippen molar-refractivity contribution in [2.75, 3.05) is 0 Å². The number of hydrogen-bond acceptors (Lipinski definition) is 3. The Hall–Kier alpha value is -1.35. The van der Waals surface area contributed by atoms with Crippen LogP contribution in [-0.2, 0) is 11.2 Å². The van der Waals surface area contributed by atoms with Crippen LogP contribution in [0.2, 0.25) is 0 Å². The van der Waals surface area contributed by atoms with Crippen molar-refractivity contribution in [2.24, 2.45) is 0 Å². The second kappa shape index (κ2) is 6.55. The minimum absolute atomic E-state index is 0.238. The normalized spacial score (nSPS) is 18.4. The molecular weight excluding hydrogens is 226 g/mol. The van der Waals surface area contributed by atoms with E-state index in [4.69, 9.17) is 0 Å². The molecule has 0 heterocycles. The molecule has 0 bridgehead atoms. The maximum absolute atomic E-state index is 11.0. The van der Waals surface area contributed by atoms with E-state index in [1.54, 1.807) is 12.1 Å². The second-order valence-electron chi connectivity index (χ2n) is 5.04. The van der Waals surface area contributed by atoms with Gasteiger partial charge in [0.1, 0.15) is 5.75 Å². The van der Waals surface area contributed by atoms with Crippen LogP contribution < -0.4 is 5.32 Å². The molecule has 97 valence electrons. The van der Waals surface area contributed by atoms with Crippen molar-refractivity contribution in [3.05, 3.63) is 29.8 Å². The molecule has 0 unspecified atom stereocenters. The van der Waals surface area contributed by atoms with Crippen molar-refractivity contribution in [3.8, 4) is 5.75 Å². The Morgan fingerprint density at radius 1 is 1.22 bits per heavy atom. The molecule has 0 saturated heterocycles. The Balaban J connectivity index is 1.88. The van der Waals surface area contributed by atoms with E-state index >= 15 is 0 Å². The molecule has 1 aliphatic carbocycles. The zero-order valence-electron chi connectivity index (χ0n) is 10.6. The van der Waals surface area contributed by atoms with E-state index in [0.717, 1.165) is 18.4 Å². The van der Waals surface area contributed by atoms with Crippen LogP contribution in [0.1, 0.15) is 37.7 Å². The number of benzene rings is 1. The molecule has 1 aromatic carbocycles. The van der Waals surface area contributed by atoms with Crippen LogP contribution >= 0.6 is 0 Å². The number of aromatic hydroxyl groups is 1. The summed E-state index contributed by atoms with van der Waals surface area (Å²) in [6, 6.07) is 7.22. The van der Waals surface area contributed by atoms with Crippen LogP contribution in [-0.4, -0.2) is 23.5 Å². The predicted octanol–water partition coefficient (Wildman–Crippen LogP) is 2.34. The Morgan fingerprint density at radius 2 is 1.89 bits per heavy atom. The lowest BCUT2D eigenvalue weighted by atomic mass is 9.94. The van der Waals surface area contributed by atoms with Gasteiger partial charge in [0.15, 0.2) is 0 Å². The molecule has 1 saturated carbocycles. The lowest BCUT2D eigenvalue weighted by Gasteiger charge is -2.25. The maximum atomic E-state index is 11.0. The zero-order valence-corrected chi connectivity index (χ0v) is 10.6. The molecule has 1 radical (unpaired) electrons. The highest BCUT2D eigenvalue weighted by Crippen LogP contribution is 2.18. The summed E-state index contributed by atoms with van der Waals surface area (Å²) in [5.74, 6) is 0.255. The number of nitrogens with one attached hydrogen (secondary N) is 1. The average molecular weight is 246 g/mol. The molecule has 3 heteroatoms. The molecule has 1 atom stereocenters. The van der Waals surface area contributed by atoms with Gasteiger partial charge in [0, 0.05) is 6.04 Å². The van der Waals surface area contributed by atoms with Crippen LogP contribution in [0.15, 0.2) is 24.3 Å². The van der Waals surface area contributed by atoms with Crippen molar-refractivity contribution in [1.82, 2.24) is 5.32 Å². The summed E-state index contributed by atoms with van der Waals surface area (Å²) >= 11 is 0. The molecule has 2 rings (SSSR count). The Bertz CT molecular complexity index is 369. The van der Waals surface area contributed by atoms with Gasteiger partial charge in [-0.25, -0.2) is 0 Å². The highest BCUT2D eigenvalue weighted by atomic mass is 16.3. The van der Waals surface area contributed by atoms with Gasteiger partial charge in [0.05, 0.1) is 6.04 Å². The van der Waals surface area contributed by atoms with Crippen LogP contribution in [0.3, 0.4) is 0 Å². The summed E-state index contributed by atoms with van der Waals surface area (Å²) in [7, 11) is 0. The monoisotopic (exact) mass is 246 g/mol. The zero-order chi connectivity index (χ0) is 12.8. The number of phenols is 1. The van der Waals surface area contributed by atoms with E-state index in [9.17, 15) is 9.90 Å². The van der Waals surface area contributed by atoms with Crippen LogP contribution in [0, 0.1) is 0 Å². The molecule has 1 aromatic rings. The molecule has 1 fully saturated rings. The first-order valence-corrected chi connectivity index (χ1v) is 6.69. The molecule has 0 aliphatic heterocycles. The summed E-state index contributed by atoms with van der Waals surface area (Å²) in [5, 5.41) is 12.6. The highest BCUT2D eigenvalue weighted by Gasteiger charge is 2.18. The first kappa shape index (κ1) is 13.1. The van der Waals surface area contributed by atoms with Crippen molar-refractivity contribution in [3.63, 3.8) is 0 Å². The highest BCUT2D eigenvalue weighted by molar-refractivity contribution is 5.59. The summed E-state index contributed by atoms with van der Waals surface area (Å²) in [6.45, 7) is 0. The van der Waals surface area contributed by atoms with Crippen molar-refractivity contribution in [1.29, 1.82) is 0 Å². The Morgan fingerprint density at radius 3 is 2.50 bits per heavy atom. The van der Waals surface area contributed by atoms with Gasteiger partial charge in [-0.15, -0.1) is 0 Å². The molecule has 1 aliphatic rings. The van der Waals surface area contributed by atoms with Crippen LogP contribution in [0.4, 0.5) is 0 Å². The fourth-order valence-electron chi connectivity index (χ4n) is 2.56. The van der Waals surface area contributed by atoms with Crippen LogP contribution in [0.25, 0.3) is 0 Å². The van der Waals surface area contributed by atoms with Crippen molar-refractivity contribution >= 4 is 6.29 Å². The number of phenolic OH excluding ortho intramolecular Hbond substituents is 1. The fourth-order valence-corrected chi connectivity index (χ4v) is 2.56. The third-order valence-electron chi connectivity index (χ3n) is 3.56. The second-order valence-corrected chi connectivity index (χ2v) is 5.04. The summed E-state index contributed by atoms with van der Waals surface area (Å²) in [6.07, 6.45) is 8.86. The standard InChI is InChI=1S/C15H20NO2/c17-11-14(16-13-4-2-1-3-5-13)10-12-6-8-15(18)9-7-12/h6-9,13-14,16,18H,1-5,10H2/t14-/m0/s1. The molecule has 0 amide bonds. The fraction of sp³-hybridized carbons (Fsp3) is 0.533. The summed E-state index contributed by atoms with van der Waals surface area (Å²) in [5.41, 5.74) is 1.05. The molecule has 0 aromatic heterocycles. The Kier molecular flexibility index (Phi) is 4.76. The molecular formula is C15H20NO2. The topological polar surface area (TPSA) is 49.3 Å². The van der Waals surface area contributed by atoms with Crippen molar-refractivity contribution < 1.29 is 9.90 Å². The largest absolute Gasteiger partial charge is 0.508 e. The quantitative estimate of drug-likeness (QED) is 0.838. The lowest BCUT2D eigenvalue weighted by Crippen LogP contribution is -2.41. The van der Waals surface area contributed by atoms with Gasteiger partial charge in [-0.3, -0.25) is 4.79 Å². The third-order valence-corrected chi connectivity index (χ3v) is 3.56. The van der Waals surface area contributed by atoms with Gasteiger partial charge >= 0.3 is 0 Å². The predicted molar refractivity (Wildman–Crippen MR) is 71.3 cm³/mol. The van der Waals surface area contributed by atoms with E-state index in [1.807, 2.05) is 12.1 Å². The van der Waals surface area contributed by atoms with Crippen LogP contribution in [0.5, 0.6) is 5.75 Å². The van der Waals surface area contributed by atoms with E-state index in [0.29, 0.717) is 12.5 Å². The summed E-state index contributed by atoms with van der Waals surface area (Å²) < 4.78 is 0. The van der Waals surface area contributed by atoms with E-state index < -0.39 is 0 Å². The number of carbonyl (C=O) groups excluding carboxylic acids is 1. The minimum atomic E-state index is -0.238. The van der Waals surface area contributed by atoms with Gasteiger partial charge < -0.3 is 10.4 Å². The van der Waals surface area contributed by atoms with E-state index in [1.165, 1.54) is 19.3 Å². The SMILES string of the molecule is O=[C][C@H](Cc1ccc(O)cc1)NC1CCCCC1. The average Bonchev–Trinajstić information content (AvgIpc) is 2.41. The van der Waals surface area contributed by atoms with E-state index in [2.05, 4.69) is 11.6 Å². The molecule has 18 heavy (non-hydrogen) atoms. The molecule has 3 nitrogen and oxygen atoms in total. The van der Waals surface area contributed by atoms with Gasteiger partial charge in [-0.05, 0) is 37.0 Å². The number of hydrogen-bond donors (Lipinski definition) is 2. The lowest BCUT2D eigenvalue weighted by molar-refractivity contribution is 0.355. The minimum Gasteiger partial charge on any atom is -0.508 e. The van der Waals surface area contributed by atoms with Crippen molar-refractivity contribution in [2.45, 2.75) is 50.6 Å². The van der Waals surface area contributed by atoms with Gasteiger partial charge in [0.2, 0.25) is 6.29 Å².